The Bertz CT molecular complexity index is 524. The van der Waals surface area contributed by atoms with Crippen LogP contribution in [-0.4, -0.2) is 11.0 Å². The summed E-state index contributed by atoms with van der Waals surface area (Å²) in [6, 6.07) is 4.65. The number of fused-ring (bicyclic) bond motifs is 1. The molecule has 0 spiro atoms. The lowest BCUT2D eigenvalue weighted by atomic mass is 9.92. The number of anilines is 1. The predicted octanol–water partition coefficient (Wildman–Crippen LogP) is 2.05. The summed E-state index contributed by atoms with van der Waals surface area (Å²) in [7, 11) is 0. The van der Waals surface area contributed by atoms with Crippen LogP contribution >= 0.6 is 23.2 Å². The van der Waals surface area contributed by atoms with Crippen LogP contribution in [0.1, 0.15) is 12.0 Å². The van der Waals surface area contributed by atoms with Crippen LogP contribution in [0.5, 0.6) is 0 Å². The number of aliphatic hydroxyl groups is 1. The van der Waals surface area contributed by atoms with Crippen LogP contribution in [0.3, 0.4) is 0 Å². The van der Waals surface area contributed by atoms with E-state index in [1.807, 2.05) is 0 Å². The third-order valence-corrected chi connectivity index (χ3v) is 2.97. The van der Waals surface area contributed by atoms with E-state index in [1.54, 1.807) is 6.07 Å². The van der Waals surface area contributed by atoms with Crippen LogP contribution in [0.25, 0.3) is 0 Å². The molecule has 1 heterocycles. The molecule has 0 aliphatic carbocycles. The van der Waals surface area contributed by atoms with E-state index >= 15 is 0 Å². The zero-order valence-electron chi connectivity index (χ0n) is 7.92. The lowest BCUT2D eigenvalue weighted by molar-refractivity contribution is -0.133. The first-order valence-corrected chi connectivity index (χ1v) is 5.15. The SMILES string of the molecule is N#CC[C@@]1(O)C(=O)Nc2c(Cl)cc(Cl)cc21. The van der Waals surface area contributed by atoms with Crippen LogP contribution in [0.2, 0.25) is 10.0 Å². The highest BCUT2D eigenvalue weighted by atomic mass is 35.5. The van der Waals surface area contributed by atoms with Crippen molar-refractivity contribution in [2.75, 3.05) is 5.32 Å². The number of nitriles is 1. The van der Waals surface area contributed by atoms with E-state index in [0.717, 1.165) is 0 Å². The summed E-state index contributed by atoms with van der Waals surface area (Å²) in [5, 5.41) is 21.7. The van der Waals surface area contributed by atoms with Gasteiger partial charge in [-0.15, -0.1) is 0 Å². The minimum absolute atomic E-state index is 0.240. The van der Waals surface area contributed by atoms with Gasteiger partial charge in [-0.1, -0.05) is 23.2 Å². The van der Waals surface area contributed by atoms with Crippen LogP contribution in [-0.2, 0) is 10.4 Å². The zero-order chi connectivity index (χ0) is 11.9. The van der Waals surface area contributed by atoms with Gasteiger partial charge in [0.05, 0.1) is 23.2 Å². The topological polar surface area (TPSA) is 73.1 Å². The van der Waals surface area contributed by atoms with E-state index in [-0.39, 0.29) is 17.0 Å². The van der Waals surface area contributed by atoms with Crippen molar-refractivity contribution in [3.05, 3.63) is 27.7 Å². The van der Waals surface area contributed by atoms with Gasteiger partial charge in [0, 0.05) is 10.6 Å². The normalized spacial score (nSPS) is 22.5. The van der Waals surface area contributed by atoms with Gasteiger partial charge in [0.2, 0.25) is 0 Å². The monoisotopic (exact) mass is 256 g/mol. The number of amides is 1. The molecule has 0 aromatic heterocycles. The maximum atomic E-state index is 11.6. The minimum Gasteiger partial charge on any atom is -0.374 e. The molecule has 1 aliphatic heterocycles. The second-order valence-electron chi connectivity index (χ2n) is 3.46. The highest BCUT2D eigenvalue weighted by Crippen LogP contribution is 2.43. The Morgan fingerprint density at radius 3 is 2.81 bits per heavy atom. The van der Waals surface area contributed by atoms with Gasteiger partial charge in [0.25, 0.3) is 5.91 Å². The van der Waals surface area contributed by atoms with Crippen LogP contribution in [0, 0.1) is 11.3 Å². The first-order chi connectivity index (χ1) is 7.49. The van der Waals surface area contributed by atoms with Crippen molar-refractivity contribution < 1.29 is 9.90 Å². The molecule has 1 aromatic rings. The number of halogens is 2. The van der Waals surface area contributed by atoms with Crippen molar-refractivity contribution >= 4 is 34.8 Å². The Balaban J connectivity index is 2.66. The quantitative estimate of drug-likeness (QED) is 0.808. The molecule has 16 heavy (non-hydrogen) atoms. The molecule has 2 N–H and O–H groups in total. The smallest absolute Gasteiger partial charge is 0.262 e. The minimum atomic E-state index is -1.86. The van der Waals surface area contributed by atoms with Crippen LogP contribution < -0.4 is 5.32 Å². The standard InChI is InChI=1S/C10H6Cl2N2O2/c11-5-3-6-8(7(12)4-5)14-9(15)10(6,16)1-2-13/h3-4,16H,1H2,(H,14,15)/t10-/m0/s1. The number of nitrogens with zero attached hydrogens (tertiary/aromatic N) is 1. The average Bonchev–Trinajstić information content (AvgIpc) is 2.43. The van der Waals surface area contributed by atoms with Crippen molar-refractivity contribution in [1.29, 1.82) is 5.26 Å². The number of rotatable bonds is 1. The molecule has 0 saturated heterocycles. The molecule has 1 amide bonds. The molecule has 1 aliphatic rings. The van der Waals surface area contributed by atoms with Crippen molar-refractivity contribution in [3.8, 4) is 6.07 Å². The Hall–Kier alpha value is -1.28. The Morgan fingerprint density at radius 2 is 2.19 bits per heavy atom. The molecule has 2 rings (SSSR count). The summed E-state index contributed by atoms with van der Waals surface area (Å²) in [5.74, 6) is -0.659. The predicted molar refractivity (Wildman–Crippen MR) is 59.2 cm³/mol. The second-order valence-corrected chi connectivity index (χ2v) is 4.30. The number of nitrogens with one attached hydrogen (secondary N) is 1. The number of carbonyl (C=O) groups is 1. The van der Waals surface area contributed by atoms with Crippen LogP contribution in [0.15, 0.2) is 12.1 Å². The van der Waals surface area contributed by atoms with Crippen molar-refractivity contribution in [1.82, 2.24) is 0 Å². The lowest BCUT2D eigenvalue weighted by Gasteiger charge is -2.16. The third kappa shape index (κ3) is 1.45. The van der Waals surface area contributed by atoms with Crippen molar-refractivity contribution in [2.45, 2.75) is 12.0 Å². The molecule has 0 unspecified atom stereocenters. The van der Waals surface area contributed by atoms with Gasteiger partial charge >= 0.3 is 0 Å². The molecule has 0 fully saturated rings. The number of carbonyl (C=O) groups excluding carboxylic acids is 1. The maximum absolute atomic E-state index is 11.6. The molecule has 0 radical (unpaired) electrons. The molecular weight excluding hydrogens is 251 g/mol. The van der Waals surface area contributed by atoms with Gasteiger partial charge in [0.15, 0.2) is 5.60 Å². The second kappa shape index (κ2) is 3.63. The summed E-state index contributed by atoms with van der Waals surface area (Å²) < 4.78 is 0. The van der Waals surface area contributed by atoms with Gasteiger partial charge in [-0.2, -0.15) is 5.26 Å². The van der Waals surface area contributed by atoms with E-state index in [4.69, 9.17) is 28.5 Å². The van der Waals surface area contributed by atoms with E-state index in [0.29, 0.717) is 10.7 Å². The summed E-state index contributed by atoms with van der Waals surface area (Å²) in [6.07, 6.45) is -0.345. The van der Waals surface area contributed by atoms with E-state index in [9.17, 15) is 9.90 Å². The fourth-order valence-corrected chi connectivity index (χ4v) is 2.20. The fourth-order valence-electron chi connectivity index (χ4n) is 1.66. The number of benzene rings is 1. The van der Waals surface area contributed by atoms with Gasteiger partial charge in [-0.25, -0.2) is 0 Å². The summed E-state index contributed by atoms with van der Waals surface area (Å²) in [5.41, 5.74) is -1.30. The van der Waals surface area contributed by atoms with Crippen LogP contribution in [0.4, 0.5) is 5.69 Å². The summed E-state index contributed by atoms with van der Waals surface area (Å²) >= 11 is 11.7. The molecule has 0 bridgehead atoms. The molecule has 82 valence electrons. The first kappa shape index (κ1) is 11.2. The number of hydrogen-bond acceptors (Lipinski definition) is 3. The Kier molecular flexibility index (Phi) is 2.55. The highest BCUT2D eigenvalue weighted by molar-refractivity contribution is 6.37. The lowest BCUT2D eigenvalue weighted by Crippen LogP contribution is -2.33. The third-order valence-electron chi connectivity index (χ3n) is 2.45. The average molecular weight is 257 g/mol. The summed E-state index contributed by atoms with van der Waals surface area (Å²) in [6.45, 7) is 0. The van der Waals surface area contributed by atoms with E-state index in [2.05, 4.69) is 5.32 Å². The molecule has 1 atom stereocenters. The fraction of sp³-hybridized carbons (Fsp3) is 0.200. The van der Waals surface area contributed by atoms with E-state index in [1.165, 1.54) is 12.1 Å². The molecule has 6 heteroatoms. The van der Waals surface area contributed by atoms with Gasteiger partial charge < -0.3 is 10.4 Å². The Morgan fingerprint density at radius 1 is 1.50 bits per heavy atom. The molecule has 1 aromatic carbocycles. The maximum Gasteiger partial charge on any atom is 0.262 e. The van der Waals surface area contributed by atoms with Gasteiger partial charge in [-0.3, -0.25) is 4.79 Å². The van der Waals surface area contributed by atoms with Crippen molar-refractivity contribution in [3.63, 3.8) is 0 Å². The largest absolute Gasteiger partial charge is 0.374 e. The highest BCUT2D eigenvalue weighted by Gasteiger charge is 2.46. The number of hydrogen-bond donors (Lipinski definition) is 2. The van der Waals surface area contributed by atoms with Gasteiger partial charge in [0.1, 0.15) is 0 Å². The van der Waals surface area contributed by atoms with Gasteiger partial charge in [-0.05, 0) is 12.1 Å². The molecule has 0 saturated carbocycles. The first-order valence-electron chi connectivity index (χ1n) is 4.39. The van der Waals surface area contributed by atoms with E-state index < -0.39 is 11.5 Å². The zero-order valence-corrected chi connectivity index (χ0v) is 9.43. The Labute approximate surface area is 101 Å². The molecular formula is C10H6Cl2N2O2. The summed E-state index contributed by atoms with van der Waals surface area (Å²) in [4.78, 5) is 11.6. The molecule has 4 nitrogen and oxygen atoms in total. The van der Waals surface area contributed by atoms with Crippen molar-refractivity contribution in [2.24, 2.45) is 0 Å².